The van der Waals surface area contributed by atoms with Crippen LogP contribution in [0.5, 0.6) is 5.75 Å². The Kier molecular flexibility index (Phi) is 5.36. The van der Waals surface area contributed by atoms with Gasteiger partial charge in [0, 0.05) is 22.4 Å². The SMILES string of the molecule is CCNCc1ccc(COc2cc(F)ccc2Br)s1. The fraction of sp³-hybridized carbons (Fsp3) is 0.286. The van der Waals surface area contributed by atoms with E-state index in [1.807, 2.05) is 6.07 Å². The summed E-state index contributed by atoms with van der Waals surface area (Å²) < 4.78 is 19.5. The van der Waals surface area contributed by atoms with E-state index in [-0.39, 0.29) is 5.82 Å². The summed E-state index contributed by atoms with van der Waals surface area (Å²) in [5.74, 6) is 0.235. The smallest absolute Gasteiger partial charge is 0.136 e. The molecular weight excluding hydrogens is 329 g/mol. The van der Waals surface area contributed by atoms with Crippen LogP contribution in [0.15, 0.2) is 34.8 Å². The summed E-state index contributed by atoms with van der Waals surface area (Å²) in [4.78, 5) is 2.41. The van der Waals surface area contributed by atoms with Crippen LogP contribution in [0.2, 0.25) is 0 Å². The average Bonchev–Trinajstić information content (AvgIpc) is 2.85. The van der Waals surface area contributed by atoms with Gasteiger partial charge in [0.2, 0.25) is 0 Å². The van der Waals surface area contributed by atoms with Gasteiger partial charge in [0.1, 0.15) is 18.2 Å². The van der Waals surface area contributed by atoms with Crippen LogP contribution >= 0.6 is 27.3 Å². The molecule has 2 rings (SSSR count). The molecule has 0 saturated heterocycles. The van der Waals surface area contributed by atoms with Crippen LogP contribution in [-0.2, 0) is 13.2 Å². The molecule has 0 radical (unpaired) electrons. The van der Waals surface area contributed by atoms with Gasteiger partial charge in [0.25, 0.3) is 0 Å². The molecule has 0 aliphatic heterocycles. The van der Waals surface area contributed by atoms with Crippen molar-refractivity contribution in [3.8, 4) is 5.75 Å². The summed E-state index contributed by atoms with van der Waals surface area (Å²) in [6.07, 6.45) is 0. The molecule has 19 heavy (non-hydrogen) atoms. The number of hydrogen-bond acceptors (Lipinski definition) is 3. The molecule has 102 valence electrons. The molecule has 0 aliphatic rings. The molecule has 2 aromatic rings. The van der Waals surface area contributed by atoms with Crippen molar-refractivity contribution in [3.05, 3.63) is 50.4 Å². The fourth-order valence-corrected chi connectivity index (χ4v) is 2.84. The third kappa shape index (κ3) is 4.30. The lowest BCUT2D eigenvalue weighted by atomic mass is 10.3. The molecule has 0 saturated carbocycles. The number of rotatable bonds is 6. The summed E-state index contributed by atoms with van der Waals surface area (Å²) in [5.41, 5.74) is 0. The third-order valence-electron chi connectivity index (χ3n) is 2.53. The standard InChI is InChI=1S/C14H15BrFNOS/c1-2-17-8-11-4-5-12(19-11)9-18-14-7-10(16)3-6-13(14)15/h3-7,17H,2,8-9H2,1H3. The molecule has 0 fully saturated rings. The highest BCUT2D eigenvalue weighted by Gasteiger charge is 2.05. The van der Waals surface area contributed by atoms with Crippen molar-refractivity contribution >= 4 is 27.3 Å². The highest BCUT2D eigenvalue weighted by Crippen LogP contribution is 2.27. The molecule has 0 spiro atoms. The van der Waals surface area contributed by atoms with E-state index in [1.54, 1.807) is 17.4 Å². The Morgan fingerprint density at radius 3 is 2.84 bits per heavy atom. The number of benzene rings is 1. The number of hydrogen-bond donors (Lipinski definition) is 1. The number of ether oxygens (including phenoxy) is 1. The molecule has 1 heterocycles. The highest BCUT2D eigenvalue weighted by molar-refractivity contribution is 9.10. The van der Waals surface area contributed by atoms with E-state index in [1.165, 1.54) is 17.0 Å². The summed E-state index contributed by atoms with van der Waals surface area (Å²) in [6, 6.07) is 8.57. The van der Waals surface area contributed by atoms with E-state index in [9.17, 15) is 4.39 Å². The highest BCUT2D eigenvalue weighted by atomic mass is 79.9. The first-order valence-electron chi connectivity index (χ1n) is 6.05. The van der Waals surface area contributed by atoms with Gasteiger partial charge in [-0.05, 0) is 46.7 Å². The van der Waals surface area contributed by atoms with Crippen LogP contribution in [-0.4, -0.2) is 6.54 Å². The van der Waals surface area contributed by atoms with Crippen LogP contribution < -0.4 is 10.1 Å². The van der Waals surface area contributed by atoms with Crippen molar-refractivity contribution in [1.29, 1.82) is 0 Å². The van der Waals surface area contributed by atoms with Gasteiger partial charge in [0.15, 0.2) is 0 Å². The first-order chi connectivity index (χ1) is 9.19. The Labute approximate surface area is 124 Å². The third-order valence-corrected chi connectivity index (χ3v) is 4.24. The lowest BCUT2D eigenvalue weighted by Crippen LogP contribution is -2.10. The molecular formula is C14H15BrFNOS. The van der Waals surface area contributed by atoms with Crippen molar-refractivity contribution in [2.75, 3.05) is 6.54 Å². The second-order valence-corrected chi connectivity index (χ2v) is 6.12. The minimum Gasteiger partial charge on any atom is -0.487 e. The lowest BCUT2D eigenvalue weighted by Gasteiger charge is -2.06. The molecule has 1 aromatic heterocycles. The van der Waals surface area contributed by atoms with E-state index in [4.69, 9.17) is 4.74 Å². The van der Waals surface area contributed by atoms with E-state index in [0.717, 1.165) is 22.4 Å². The van der Waals surface area contributed by atoms with Gasteiger partial charge >= 0.3 is 0 Å². The molecule has 0 amide bonds. The first-order valence-corrected chi connectivity index (χ1v) is 7.66. The normalized spacial score (nSPS) is 10.7. The van der Waals surface area contributed by atoms with E-state index in [2.05, 4.69) is 34.2 Å². The van der Waals surface area contributed by atoms with Gasteiger partial charge < -0.3 is 10.1 Å². The first kappa shape index (κ1) is 14.5. The maximum atomic E-state index is 13.1. The second-order valence-electron chi connectivity index (χ2n) is 4.01. The predicted octanol–water partition coefficient (Wildman–Crippen LogP) is 4.34. The number of halogens is 2. The van der Waals surface area contributed by atoms with Gasteiger partial charge in [0.05, 0.1) is 4.47 Å². The Morgan fingerprint density at radius 1 is 1.26 bits per heavy atom. The van der Waals surface area contributed by atoms with E-state index < -0.39 is 0 Å². The average molecular weight is 344 g/mol. The predicted molar refractivity (Wildman–Crippen MR) is 80.1 cm³/mol. The summed E-state index contributed by atoms with van der Waals surface area (Å²) in [5, 5.41) is 3.28. The minimum atomic E-state index is -0.294. The molecule has 2 nitrogen and oxygen atoms in total. The molecule has 1 N–H and O–H groups in total. The van der Waals surface area contributed by atoms with Gasteiger partial charge in [-0.2, -0.15) is 0 Å². The zero-order valence-corrected chi connectivity index (χ0v) is 13.0. The van der Waals surface area contributed by atoms with E-state index in [0.29, 0.717) is 12.4 Å². The van der Waals surface area contributed by atoms with Crippen LogP contribution in [0.1, 0.15) is 16.7 Å². The van der Waals surface area contributed by atoms with Crippen molar-refractivity contribution in [2.24, 2.45) is 0 Å². The second kappa shape index (κ2) is 7.03. The van der Waals surface area contributed by atoms with Crippen molar-refractivity contribution < 1.29 is 9.13 Å². The number of thiophene rings is 1. The van der Waals surface area contributed by atoms with Crippen LogP contribution in [0.4, 0.5) is 4.39 Å². The van der Waals surface area contributed by atoms with Crippen molar-refractivity contribution in [1.82, 2.24) is 5.32 Å². The summed E-state index contributed by atoms with van der Waals surface area (Å²) in [6.45, 7) is 4.38. The maximum absolute atomic E-state index is 13.1. The molecule has 0 unspecified atom stereocenters. The van der Waals surface area contributed by atoms with Crippen molar-refractivity contribution in [2.45, 2.75) is 20.1 Å². The summed E-state index contributed by atoms with van der Waals surface area (Å²) in [7, 11) is 0. The summed E-state index contributed by atoms with van der Waals surface area (Å²) >= 11 is 5.05. The molecule has 1 aromatic carbocycles. The largest absolute Gasteiger partial charge is 0.487 e. The number of nitrogens with one attached hydrogen (secondary N) is 1. The topological polar surface area (TPSA) is 21.3 Å². The fourth-order valence-electron chi connectivity index (χ4n) is 1.58. The van der Waals surface area contributed by atoms with Gasteiger partial charge in [-0.1, -0.05) is 6.92 Å². The Hall–Kier alpha value is -0.910. The zero-order valence-electron chi connectivity index (χ0n) is 10.6. The molecule has 0 aliphatic carbocycles. The Balaban J connectivity index is 1.94. The minimum absolute atomic E-state index is 0.294. The van der Waals surface area contributed by atoms with Crippen LogP contribution in [0.3, 0.4) is 0 Å². The monoisotopic (exact) mass is 343 g/mol. The van der Waals surface area contributed by atoms with Crippen molar-refractivity contribution in [3.63, 3.8) is 0 Å². The molecule has 5 heteroatoms. The molecule has 0 bridgehead atoms. The van der Waals surface area contributed by atoms with E-state index >= 15 is 0 Å². The Morgan fingerprint density at radius 2 is 2.05 bits per heavy atom. The quantitative estimate of drug-likeness (QED) is 0.842. The van der Waals surface area contributed by atoms with Crippen LogP contribution in [0.25, 0.3) is 0 Å². The van der Waals surface area contributed by atoms with Gasteiger partial charge in [-0.3, -0.25) is 0 Å². The Bertz CT molecular complexity index is 544. The van der Waals surface area contributed by atoms with Crippen LogP contribution in [0, 0.1) is 5.82 Å². The maximum Gasteiger partial charge on any atom is 0.136 e. The van der Waals surface area contributed by atoms with Gasteiger partial charge in [-0.15, -0.1) is 11.3 Å². The lowest BCUT2D eigenvalue weighted by molar-refractivity contribution is 0.306. The van der Waals surface area contributed by atoms with Gasteiger partial charge in [-0.25, -0.2) is 4.39 Å². The molecule has 0 atom stereocenters. The zero-order chi connectivity index (χ0) is 13.7.